The normalized spacial score (nSPS) is 10.7. The second-order valence-electron chi connectivity index (χ2n) is 6.15. The van der Waals surface area contributed by atoms with Crippen LogP contribution < -0.4 is 29.6 Å². The molecule has 0 saturated heterocycles. The monoisotopic (exact) mass is 605 g/mol. The Morgan fingerprint density at radius 2 is 1.20 bits per heavy atom. The van der Waals surface area contributed by atoms with Crippen LogP contribution in [-0.2, 0) is 51.9 Å². The van der Waals surface area contributed by atoms with Crippen LogP contribution in [0.15, 0.2) is 60.7 Å². The smallest absolute Gasteiger partial charge is 0.748 e. The molecule has 0 bridgehead atoms. The number of benzene rings is 2. The van der Waals surface area contributed by atoms with Gasteiger partial charge in [0.25, 0.3) is 0 Å². The zero-order valence-electron chi connectivity index (χ0n) is 20.3. The molecule has 0 spiro atoms. The van der Waals surface area contributed by atoms with Gasteiger partial charge in [0.15, 0.2) is 0 Å². The Balaban J connectivity index is -0.000000471. The van der Waals surface area contributed by atoms with Gasteiger partial charge < -0.3 is 14.0 Å². The molecule has 196 valence electrons. The zero-order chi connectivity index (χ0) is 27.2. The fraction of sp³-hybridized carbons (Fsp3) is 0.400. The minimum Gasteiger partial charge on any atom is -0.748 e. The number of alkyl halides is 1. The maximum Gasteiger partial charge on any atom is 1.00 e. The van der Waals surface area contributed by atoms with E-state index in [2.05, 4.69) is 21.4 Å². The minimum atomic E-state index is -4.15. The van der Waals surface area contributed by atoms with Crippen molar-refractivity contribution in [2.45, 2.75) is 13.2 Å². The van der Waals surface area contributed by atoms with Crippen LogP contribution >= 0.6 is 21.4 Å². The summed E-state index contributed by atoms with van der Waals surface area (Å²) in [5.41, 5.74) is 2.01. The molecule has 35 heavy (non-hydrogen) atoms. The molecule has 0 N–H and O–H groups in total. The average Bonchev–Trinajstić information content (AvgIpc) is 2.75. The Bertz CT molecular complexity index is 927. The summed E-state index contributed by atoms with van der Waals surface area (Å²) in [7, 11) is -0.699. The van der Waals surface area contributed by atoms with Gasteiger partial charge in [-0.25, -0.2) is 21.0 Å². The third-order valence-electron chi connectivity index (χ3n) is 3.30. The first-order valence-electron chi connectivity index (χ1n) is 9.95. The fourth-order valence-corrected chi connectivity index (χ4v) is 2.64. The van der Waals surface area contributed by atoms with Crippen molar-refractivity contribution in [2.75, 3.05) is 38.1 Å². The third-order valence-corrected chi connectivity index (χ3v) is 4.87. The minimum absolute atomic E-state index is 0. The number of ether oxygens (including phenoxy) is 2. The van der Waals surface area contributed by atoms with Crippen LogP contribution in [0, 0.1) is 0 Å². The average molecular weight is 607 g/mol. The van der Waals surface area contributed by atoms with E-state index < -0.39 is 42.1 Å². The predicted octanol–water partition coefficient (Wildman–Crippen LogP) is 0.629. The van der Waals surface area contributed by atoms with Gasteiger partial charge in [0.1, 0.15) is 9.84 Å². The van der Waals surface area contributed by atoms with Gasteiger partial charge in [0.2, 0.25) is 9.23 Å². The van der Waals surface area contributed by atoms with Gasteiger partial charge in [-0.3, -0.25) is 4.39 Å². The van der Waals surface area contributed by atoms with E-state index in [4.69, 9.17) is 15.1 Å². The van der Waals surface area contributed by atoms with E-state index in [-0.39, 0.29) is 48.5 Å². The zero-order valence-corrected chi connectivity index (χ0v) is 25.3. The maximum absolute atomic E-state index is 10.8. The number of hydrogen-bond acceptors (Lipinski definition) is 8. The molecule has 0 aromatic heterocycles. The summed E-state index contributed by atoms with van der Waals surface area (Å²) in [5.74, 6) is -0.389. The molecule has 2 aromatic rings. The Labute approximate surface area is 242 Å². The topological polar surface area (TPSA) is 127 Å². The Kier molecular flexibility index (Phi) is 25.6. The Morgan fingerprint density at radius 1 is 0.886 bits per heavy atom. The van der Waals surface area contributed by atoms with Crippen molar-refractivity contribution < 1.29 is 70.4 Å². The first-order valence-corrected chi connectivity index (χ1v) is 15.7. The summed E-state index contributed by atoms with van der Waals surface area (Å²) in [5, 5.41) is 0. The van der Waals surface area contributed by atoms with E-state index in [1.54, 1.807) is 0 Å². The van der Waals surface area contributed by atoms with Crippen molar-refractivity contribution in [1.82, 2.24) is 0 Å². The molecule has 0 aliphatic rings. The van der Waals surface area contributed by atoms with Crippen molar-refractivity contribution in [1.29, 1.82) is 0 Å². The summed E-state index contributed by atoms with van der Waals surface area (Å²) in [4.78, 5) is 0. The fourth-order valence-electron chi connectivity index (χ4n) is 1.90. The van der Waals surface area contributed by atoms with E-state index in [1.165, 1.54) is 6.26 Å². The van der Waals surface area contributed by atoms with Crippen LogP contribution in [0.2, 0.25) is 0 Å². The van der Waals surface area contributed by atoms with Crippen LogP contribution in [0.3, 0.4) is 0 Å². The number of sulfone groups is 1. The van der Waals surface area contributed by atoms with Gasteiger partial charge in [-0.15, -0.1) is 0 Å². The van der Waals surface area contributed by atoms with E-state index in [9.17, 15) is 25.8 Å². The van der Waals surface area contributed by atoms with Crippen molar-refractivity contribution in [3.63, 3.8) is 0 Å². The molecular weight excluding hydrogens is 577 g/mol. The van der Waals surface area contributed by atoms with Crippen molar-refractivity contribution in [2.24, 2.45) is 0 Å². The first-order chi connectivity index (χ1) is 16.3. The van der Waals surface area contributed by atoms with Crippen LogP contribution in [0.1, 0.15) is 12.5 Å². The summed E-state index contributed by atoms with van der Waals surface area (Å²) < 4.78 is 87.0. The van der Waals surface area contributed by atoms with Crippen LogP contribution in [0.25, 0.3) is 0 Å². The predicted molar refractivity (Wildman–Crippen MR) is 133 cm³/mol. The molecule has 0 fully saturated rings. The van der Waals surface area contributed by atoms with Gasteiger partial charge >= 0.3 is 29.6 Å². The number of halogens is 3. The van der Waals surface area contributed by atoms with Gasteiger partial charge in [-0.05, 0) is 11.1 Å². The molecular formula is C20H28Cl2FNaO8S3. The molecule has 0 amide bonds. The van der Waals surface area contributed by atoms with Gasteiger partial charge in [-0.1, -0.05) is 60.7 Å². The maximum atomic E-state index is 10.8. The quantitative estimate of drug-likeness (QED) is 0.167. The van der Waals surface area contributed by atoms with Gasteiger partial charge in [0, 0.05) is 27.6 Å². The SMILES string of the molecule is CS(=O)(=O)CCOCc1ccccc1.O=S(=O)([O-])CCOCc1ccccc1.O=S(Cl)Cl.[2H]CF.[Na+]. The van der Waals surface area contributed by atoms with Crippen molar-refractivity contribution in [3.05, 3.63) is 71.8 Å². The van der Waals surface area contributed by atoms with Crippen molar-refractivity contribution in [3.8, 4) is 0 Å². The Hall–Kier alpha value is -0.120. The van der Waals surface area contributed by atoms with Crippen molar-refractivity contribution >= 4 is 50.5 Å². The third kappa shape index (κ3) is 33.9. The van der Waals surface area contributed by atoms with E-state index >= 15 is 0 Å². The molecule has 0 aliphatic heterocycles. The molecule has 2 aromatic carbocycles. The van der Waals surface area contributed by atoms with Crippen LogP contribution in [0.5, 0.6) is 0 Å². The summed E-state index contributed by atoms with van der Waals surface area (Å²) in [6.07, 6.45) is 1.21. The molecule has 0 atom stereocenters. The summed E-state index contributed by atoms with van der Waals surface area (Å²) in [6.45, 7) is 1.00. The number of hydrogen-bond donors (Lipinski definition) is 0. The van der Waals surface area contributed by atoms with E-state index in [0.717, 1.165) is 11.1 Å². The van der Waals surface area contributed by atoms with Crippen LogP contribution in [0.4, 0.5) is 4.39 Å². The molecule has 0 heterocycles. The largest absolute Gasteiger partial charge is 1.00 e. The Morgan fingerprint density at radius 3 is 1.49 bits per heavy atom. The molecule has 15 heteroatoms. The number of rotatable bonds is 10. The van der Waals surface area contributed by atoms with Gasteiger partial charge in [-0.2, -0.15) is 0 Å². The second kappa shape index (κ2) is 24.2. The molecule has 0 radical (unpaired) electrons. The van der Waals surface area contributed by atoms with E-state index in [1.807, 2.05) is 60.7 Å². The second-order valence-corrected chi connectivity index (χ2v) is 12.5. The summed E-state index contributed by atoms with van der Waals surface area (Å²) >= 11 is 0. The summed E-state index contributed by atoms with van der Waals surface area (Å²) in [6, 6.07) is 19.0. The molecule has 0 unspecified atom stereocenters. The molecule has 0 aliphatic carbocycles. The van der Waals surface area contributed by atoms with Gasteiger partial charge in [0.05, 0.1) is 56.6 Å². The standard InChI is InChI=1S/C10H14O3S.C9H12O4S.CH3F.Cl2OS.Na/c1-14(11,12)8-7-13-9-10-5-3-2-4-6-10;10-14(11,12)7-6-13-8-9-4-2-1-3-5-9;1-2;1-4(2)3;/h2-6H,7-9H2,1H3;1-5H,6-8H2,(H,10,11,12);1H3;;/q;;;;+1/p-1/i;;1D;;. The first kappa shape index (κ1) is 37.0. The van der Waals surface area contributed by atoms with E-state index in [0.29, 0.717) is 13.2 Å². The molecule has 8 nitrogen and oxygen atoms in total. The molecule has 2 rings (SSSR count). The molecule has 0 saturated carbocycles. The van der Waals surface area contributed by atoms with Crippen LogP contribution in [-0.4, -0.2) is 63.7 Å².